The number of tetrazole rings is 1. The van der Waals surface area contributed by atoms with Crippen LogP contribution in [0, 0.1) is 13.8 Å². The van der Waals surface area contributed by atoms with E-state index in [9.17, 15) is 0 Å². The normalized spacial score (nSPS) is 11.6. The topological polar surface area (TPSA) is 111 Å². The summed E-state index contributed by atoms with van der Waals surface area (Å²) in [5.74, 6) is 2.03. The monoisotopic (exact) mass is 450 g/mol. The molecule has 0 saturated heterocycles. The van der Waals surface area contributed by atoms with Crippen molar-refractivity contribution in [2.24, 2.45) is 0 Å². The molecule has 0 aliphatic rings. The molecule has 4 aromatic heterocycles. The van der Waals surface area contributed by atoms with Crippen molar-refractivity contribution in [1.29, 1.82) is 0 Å². The maximum atomic E-state index is 6.20. The highest BCUT2D eigenvalue weighted by Gasteiger charge is 2.17. The van der Waals surface area contributed by atoms with Gasteiger partial charge in [-0.1, -0.05) is 31.2 Å². The molecule has 9 heteroatoms. The van der Waals surface area contributed by atoms with Gasteiger partial charge in [-0.15, -0.1) is 10.2 Å². The van der Waals surface area contributed by atoms with E-state index in [2.05, 4.69) is 51.2 Å². The molecule has 1 N–H and O–H groups in total. The first-order valence-electron chi connectivity index (χ1n) is 11.2. The molecule has 0 aliphatic heterocycles. The molecule has 0 unspecified atom stereocenters. The lowest BCUT2D eigenvalue weighted by Gasteiger charge is -2.08. The van der Waals surface area contributed by atoms with E-state index in [1.807, 2.05) is 43.3 Å². The predicted octanol–water partition coefficient (Wildman–Crippen LogP) is 4.65. The number of hydrogen-bond acceptors (Lipinski definition) is 7. The van der Waals surface area contributed by atoms with Crippen molar-refractivity contribution >= 4 is 22.3 Å². The summed E-state index contributed by atoms with van der Waals surface area (Å²) in [4.78, 5) is 14.4. The third kappa shape index (κ3) is 3.33. The van der Waals surface area contributed by atoms with E-state index in [-0.39, 0.29) is 0 Å². The summed E-state index contributed by atoms with van der Waals surface area (Å²) in [5.41, 5.74) is 8.23. The van der Waals surface area contributed by atoms with Crippen molar-refractivity contribution in [1.82, 2.24) is 40.1 Å². The van der Waals surface area contributed by atoms with Gasteiger partial charge in [-0.3, -0.25) is 0 Å². The Labute approximate surface area is 194 Å². The summed E-state index contributed by atoms with van der Waals surface area (Å²) in [6.45, 7) is 6.88. The van der Waals surface area contributed by atoms with Gasteiger partial charge < -0.3 is 8.98 Å². The molecule has 0 fully saturated rings. The summed E-state index contributed by atoms with van der Waals surface area (Å²) in [6.07, 6.45) is 0.830. The number of fused-ring (bicyclic) bond motifs is 2. The van der Waals surface area contributed by atoms with Crippen LogP contribution in [-0.2, 0) is 13.0 Å². The van der Waals surface area contributed by atoms with Gasteiger partial charge in [-0.05, 0) is 54.5 Å². The van der Waals surface area contributed by atoms with Crippen molar-refractivity contribution in [2.45, 2.75) is 33.7 Å². The van der Waals surface area contributed by atoms with Gasteiger partial charge in [0.05, 0.1) is 6.54 Å². The molecule has 34 heavy (non-hydrogen) atoms. The largest absolute Gasteiger partial charge is 0.436 e. The molecule has 0 aliphatic carbocycles. The minimum atomic E-state index is 0.496. The number of aromatic nitrogens is 8. The lowest BCUT2D eigenvalue weighted by molar-refractivity contribution is 0.619. The first kappa shape index (κ1) is 20.2. The quantitative estimate of drug-likeness (QED) is 0.407. The van der Waals surface area contributed by atoms with Gasteiger partial charge in [-0.2, -0.15) is 5.21 Å². The van der Waals surface area contributed by atoms with Crippen LogP contribution in [-0.4, -0.2) is 40.1 Å². The van der Waals surface area contributed by atoms with Gasteiger partial charge in [0, 0.05) is 23.2 Å². The Morgan fingerprint density at radius 2 is 1.82 bits per heavy atom. The van der Waals surface area contributed by atoms with E-state index in [1.165, 1.54) is 0 Å². The fourth-order valence-electron chi connectivity index (χ4n) is 4.39. The Balaban J connectivity index is 1.41. The summed E-state index contributed by atoms with van der Waals surface area (Å²) in [7, 11) is 0. The van der Waals surface area contributed by atoms with Crippen LogP contribution in [0.1, 0.15) is 29.6 Å². The van der Waals surface area contributed by atoms with Crippen LogP contribution in [0.2, 0.25) is 0 Å². The molecule has 0 spiro atoms. The maximum absolute atomic E-state index is 6.20. The zero-order chi connectivity index (χ0) is 23.2. The van der Waals surface area contributed by atoms with E-state index >= 15 is 0 Å². The second-order valence-electron chi connectivity index (χ2n) is 8.32. The number of aryl methyl sites for hydroxylation is 3. The van der Waals surface area contributed by atoms with Crippen molar-refractivity contribution in [2.75, 3.05) is 0 Å². The number of rotatable bonds is 5. The van der Waals surface area contributed by atoms with Gasteiger partial charge in [0.2, 0.25) is 11.7 Å². The Bertz CT molecular complexity index is 1650. The molecule has 6 aromatic rings. The molecule has 9 nitrogen and oxygen atoms in total. The number of oxazole rings is 1. The van der Waals surface area contributed by atoms with Gasteiger partial charge in [0.25, 0.3) is 0 Å². The lowest BCUT2D eigenvalue weighted by Crippen LogP contribution is -2.05. The number of aromatic amines is 1. The minimum absolute atomic E-state index is 0.496. The second kappa shape index (κ2) is 7.87. The smallest absolute Gasteiger partial charge is 0.228 e. The van der Waals surface area contributed by atoms with Crippen LogP contribution in [0.25, 0.3) is 45.1 Å². The Hall–Kier alpha value is -4.40. The first-order valence-corrected chi connectivity index (χ1v) is 11.2. The zero-order valence-corrected chi connectivity index (χ0v) is 19.1. The number of benzene rings is 2. The zero-order valence-electron chi connectivity index (χ0n) is 19.1. The maximum Gasteiger partial charge on any atom is 0.228 e. The molecule has 0 bridgehead atoms. The minimum Gasteiger partial charge on any atom is -0.436 e. The molecule has 0 atom stereocenters. The number of H-pyrrole nitrogens is 1. The number of hydrogen-bond donors (Lipinski definition) is 1. The SMILES string of the molecule is CCc1nc2c(C)cc(C)nc2n1Cc1ccc2nc(-c3ccccc3-c3nn[nH]n3)oc2c1. The van der Waals surface area contributed by atoms with Gasteiger partial charge >= 0.3 is 0 Å². The van der Waals surface area contributed by atoms with Crippen LogP contribution in [0.4, 0.5) is 0 Å². The lowest BCUT2D eigenvalue weighted by atomic mass is 10.1. The molecular weight excluding hydrogens is 428 g/mol. The van der Waals surface area contributed by atoms with Crippen molar-refractivity contribution < 1.29 is 4.42 Å². The van der Waals surface area contributed by atoms with Gasteiger partial charge in [-0.25, -0.2) is 15.0 Å². The van der Waals surface area contributed by atoms with Crippen molar-refractivity contribution in [3.8, 4) is 22.8 Å². The molecular formula is C25H22N8O. The van der Waals surface area contributed by atoms with Crippen molar-refractivity contribution in [3.63, 3.8) is 0 Å². The van der Waals surface area contributed by atoms with Crippen LogP contribution in [0.5, 0.6) is 0 Å². The average Bonchev–Trinajstić information content (AvgIpc) is 3.58. The third-order valence-corrected chi connectivity index (χ3v) is 5.95. The summed E-state index contributed by atoms with van der Waals surface area (Å²) in [5, 5.41) is 14.4. The fourth-order valence-corrected chi connectivity index (χ4v) is 4.39. The Morgan fingerprint density at radius 1 is 0.971 bits per heavy atom. The highest BCUT2D eigenvalue weighted by atomic mass is 16.3. The Kier molecular flexibility index (Phi) is 4.68. The van der Waals surface area contributed by atoms with Gasteiger partial charge in [0.1, 0.15) is 16.9 Å². The van der Waals surface area contributed by atoms with Crippen LogP contribution >= 0.6 is 0 Å². The molecule has 168 valence electrons. The molecule has 0 radical (unpaired) electrons. The van der Waals surface area contributed by atoms with E-state index in [0.29, 0.717) is 18.3 Å². The number of pyridine rings is 1. The van der Waals surface area contributed by atoms with Crippen LogP contribution in [0.3, 0.4) is 0 Å². The summed E-state index contributed by atoms with van der Waals surface area (Å²) < 4.78 is 8.39. The van der Waals surface area contributed by atoms with Gasteiger partial charge in [0.15, 0.2) is 11.2 Å². The fraction of sp³-hybridized carbons (Fsp3) is 0.200. The standard InChI is InChI=1S/C25H22N8O/c1-4-21-28-22-14(2)11-15(3)26-24(22)33(21)13-16-9-10-19-20(12-16)34-25(27-19)18-8-6-5-7-17(18)23-29-31-32-30-23/h5-12H,4,13H2,1-3H3,(H,29,30,31,32). The van der Waals surface area contributed by atoms with Crippen LogP contribution < -0.4 is 0 Å². The Morgan fingerprint density at radius 3 is 2.62 bits per heavy atom. The first-order chi connectivity index (χ1) is 16.6. The molecule has 0 saturated carbocycles. The van der Waals surface area contributed by atoms with Crippen LogP contribution in [0.15, 0.2) is 52.9 Å². The molecule has 2 aromatic carbocycles. The average molecular weight is 451 g/mol. The van der Waals surface area contributed by atoms with Crippen molar-refractivity contribution in [3.05, 3.63) is 71.2 Å². The third-order valence-electron chi connectivity index (χ3n) is 5.95. The van der Waals surface area contributed by atoms with E-state index in [0.717, 1.165) is 62.5 Å². The number of nitrogens with zero attached hydrogens (tertiary/aromatic N) is 7. The second-order valence-corrected chi connectivity index (χ2v) is 8.32. The highest BCUT2D eigenvalue weighted by molar-refractivity contribution is 5.82. The van der Waals surface area contributed by atoms with E-state index < -0.39 is 0 Å². The summed E-state index contributed by atoms with van der Waals surface area (Å²) in [6, 6.07) is 15.9. The number of nitrogens with one attached hydrogen (secondary N) is 1. The molecule has 0 amide bonds. The predicted molar refractivity (Wildman–Crippen MR) is 128 cm³/mol. The highest BCUT2D eigenvalue weighted by Crippen LogP contribution is 2.32. The molecule has 4 heterocycles. The molecule has 6 rings (SSSR count). The number of imidazole rings is 1. The van der Waals surface area contributed by atoms with E-state index in [1.54, 1.807) is 0 Å². The summed E-state index contributed by atoms with van der Waals surface area (Å²) >= 11 is 0. The van der Waals surface area contributed by atoms with E-state index in [4.69, 9.17) is 19.4 Å².